The standard InChI is InChI=1S/C24H24N2O3/c1-4-26-12-17(11-16-9-14(2)23(27)15(3)10-16)22-19(13-26)21(24(28)29)18-7-5-6-8-20(18)25-22/h5-11,27H,4,12-13H2,1-3H3,(H,28,29)/b17-11+. The highest BCUT2D eigenvalue weighted by molar-refractivity contribution is 6.05. The number of aryl methyl sites for hydroxylation is 2. The van der Waals surface area contributed by atoms with Gasteiger partial charge in [-0.1, -0.05) is 41.5 Å². The first-order valence-corrected chi connectivity index (χ1v) is 9.86. The van der Waals surface area contributed by atoms with E-state index in [2.05, 4.69) is 13.0 Å². The molecule has 1 aliphatic rings. The van der Waals surface area contributed by atoms with E-state index in [-0.39, 0.29) is 5.75 Å². The van der Waals surface area contributed by atoms with Crippen molar-refractivity contribution in [2.45, 2.75) is 27.3 Å². The molecule has 0 saturated heterocycles. The summed E-state index contributed by atoms with van der Waals surface area (Å²) in [6, 6.07) is 11.2. The van der Waals surface area contributed by atoms with Gasteiger partial charge in [-0.3, -0.25) is 0 Å². The molecule has 2 aromatic carbocycles. The third-order valence-electron chi connectivity index (χ3n) is 5.70. The molecule has 1 aromatic heterocycles. The summed E-state index contributed by atoms with van der Waals surface area (Å²) in [6.07, 6.45) is 2.06. The van der Waals surface area contributed by atoms with Crippen LogP contribution in [0.15, 0.2) is 36.4 Å². The Morgan fingerprint density at radius 2 is 1.90 bits per heavy atom. The summed E-state index contributed by atoms with van der Waals surface area (Å²) < 4.78 is 0. The average Bonchev–Trinajstić information content (AvgIpc) is 2.69. The number of rotatable bonds is 3. The van der Waals surface area contributed by atoms with Gasteiger partial charge in [0.05, 0.1) is 23.3 Å². The highest BCUT2D eigenvalue weighted by Gasteiger charge is 2.30. The van der Waals surface area contributed by atoms with E-state index < -0.39 is 5.97 Å². The number of benzene rings is 2. The third kappa shape index (κ3) is 3.38. The smallest absolute Gasteiger partial charge is 0.336 e. The summed E-state index contributed by atoms with van der Waals surface area (Å²) in [4.78, 5) is 18.3. The van der Waals surface area contributed by atoms with E-state index in [1.54, 1.807) is 0 Å². The summed E-state index contributed by atoms with van der Waals surface area (Å²) in [5.41, 5.74) is 5.98. The molecule has 0 aliphatic carbocycles. The molecule has 1 atom stereocenters. The number of aromatic carboxylic acids is 1. The van der Waals surface area contributed by atoms with Gasteiger partial charge in [-0.15, -0.1) is 5.75 Å². The van der Waals surface area contributed by atoms with Crippen LogP contribution in [0.4, 0.5) is 0 Å². The predicted molar refractivity (Wildman–Crippen MR) is 112 cm³/mol. The van der Waals surface area contributed by atoms with Gasteiger partial charge in [0.2, 0.25) is 0 Å². The van der Waals surface area contributed by atoms with Gasteiger partial charge in [-0.2, -0.15) is 0 Å². The number of pyridine rings is 1. The zero-order valence-corrected chi connectivity index (χ0v) is 16.9. The molecule has 2 N–H and O–H groups in total. The number of nitrogens with one attached hydrogen (secondary N) is 1. The molecule has 1 unspecified atom stereocenters. The van der Waals surface area contributed by atoms with Crippen LogP contribution in [-0.2, 0) is 6.54 Å². The van der Waals surface area contributed by atoms with Crippen molar-refractivity contribution < 1.29 is 19.9 Å². The second-order valence-electron chi connectivity index (χ2n) is 7.75. The van der Waals surface area contributed by atoms with Crippen LogP contribution in [0.5, 0.6) is 5.75 Å². The zero-order valence-electron chi connectivity index (χ0n) is 16.9. The van der Waals surface area contributed by atoms with Gasteiger partial charge in [0, 0.05) is 16.5 Å². The fourth-order valence-electron chi connectivity index (χ4n) is 4.24. The first kappa shape index (κ1) is 19.2. The van der Waals surface area contributed by atoms with Gasteiger partial charge in [-0.05, 0) is 38.5 Å². The van der Waals surface area contributed by atoms with Crippen molar-refractivity contribution >= 4 is 28.5 Å². The lowest BCUT2D eigenvalue weighted by Gasteiger charge is -2.28. The maximum atomic E-state index is 12.2. The Balaban J connectivity index is 1.98. The molecule has 0 amide bonds. The van der Waals surface area contributed by atoms with E-state index in [1.165, 1.54) is 4.90 Å². The van der Waals surface area contributed by atoms with Crippen molar-refractivity contribution in [1.82, 2.24) is 4.98 Å². The van der Waals surface area contributed by atoms with Crippen LogP contribution in [0, 0.1) is 13.8 Å². The van der Waals surface area contributed by atoms with E-state index in [4.69, 9.17) is 4.98 Å². The van der Waals surface area contributed by atoms with Crippen LogP contribution < -0.4 is 10.0 Å². The second kappa shape index (κ2) is 7.33. The van der Waals surface area contributed by atoms with Crippen LogP contribution in [0.1, 0.15) is 45.2 Å². The average molecular weight is 388 g/mol. The number of carboxylic acids is 1. The Hall–Kier alpha value is -3.18. The molecule has 0 saturated carbocycles. The lowest BCUT2D eigenvalue weighted by molar-refractivity contribution is -0.905. The number of hydrogen-bond donors (Lipinski definition) is 2. The third-order valence-corrected chi connectivity index (χ3v) is 5.70. The van der Waals surface area contributed by atoms with Gasteiger partial charge in [0.25, 0.3) is 0 Å². The van der Waals surface area contributed by atoms with Gasteiger partial charge < -0.3 is 15.1 Å². The Kier molecular flexibility index (Phi) is 4.84. The summed E-state index contributed by atoms with van der Waals surface area (Å²) in [6.45, 7) is 8.05. The van der Waals surface area contributed by atoms with Crippen molar-refractivity contribution in [3.8, 4) is 5.75 Å². The first-order valence-electron chi connectivity index (χ1n) is 9.86. The lowest BCUT2D eigenvalue weighted by atomic mass is 9.91. The number of fused-ring (bicyclic) bond motifs is 2. The van der Waals surface area contributed by atoms with Gasteiger partial charge >= 0.3 is 5.97 Å². The van der Waals surface area contributed by atoms with Crippen LogP contribution in [0.25, 0.3) is 22.6 Å². The largest absolute Gasteiger partial charge is 0.872 e. The quantitative estimate of drug-likeness (QED) is 0.723. The van der Waals surface area contributed by atoms with Crippen LogP contribution >= 0.6 is 0 Å². The van der Waals surface area contributed by atoms with E-state index in [0.29, 0.717) is 34.1 Å². The van der Waals surface area contributed by atoms with Crippen molar-refractivity contribution in [2.75, 3.05) is 13.1 Å². The van der Waals surface area contributed by atoms with E-state index in [0.717, 1.165) is 35.5 Å². The summed E-state index contributed by atoms with van der Waals surface area (Å²) >= 11 is 0. The van der Waals surface area contributed by atoms with E-state index in [9.17, 15) is 15.0 Å². The van der Waals surface area contributed by atoms with Crippen LogP contribution in [0.3, 0.4) is 0 Å². The van der Waals surface area contributed by atoms with Gasteiger partial charge in [-0.25, -0.2) is 9.78 Å². The number of quaternary nitrogens is 1. The molecular weight excluding hydrogens is 364 g/mol. The number of nitrogens with zero attached hydrogens (tertiary/aromatic N) is 1. The number of carboxylic acid groups (broad SMARTS) is 1. The Bertz CT molecular complexity index is 1140. The fraction of sp³-hybridized carbons (Fsp3) is 0.250. The van der Waals surface area contributed by atoms with Gasteiger partial charge in [0.1, 0.15) is 13.1 Å². The molecule has 5 nitrogen and oxygen atoms in total. The number of likely N-dealkylation sites (N-methyl/N-ethyl adjacent to an activating group) is 1. The number of hydrogen-bond acceptors (Lipinski definition) is 3. The minimum atomic E-state index is -0.918. The predicted octanol–water partition coefficient (Wildman–Crippen LogP) is 2.58. The minimum absolute atomic E-state index is 0.0642. The number of para-hydroxylation sites is 1. The molecule has 0 bridgehead atoms. The normalized spacial score (nSPS) is 17.5. The van der Waals surface area contributed by atoms with Crippen molar-refractivity contribution in [2.24, 2.45) is 0 Å². The molecule has 4 rings (SSSR count). The molecule has 148 valence electrons. The van der Waals surface area contributed by atoms with Crippen molar-refractivity contribution in [3.05, 3.63) is 69.9 Å². The first-order chi connectivity index (χ1) is 13.9. The molecular formula is C24H24N2O3. The Morgan fingerprint density at radius 1 is 1.21 bits per heavy atom. The maximum Gasteiger partial charge on any atom is 0.336 e. The van der Waals surface area contributed by atoms with E-state index >= 15 is 0 Å². The SMILES string of the molecule is CC[NH+]1C/C(=C\c2cc(C)c([O-])c(C)c2)c2nc3ccccc3c(C(=O)O)c2C1. The van der Waals surface area contributed by atoms with Gasteiger partial charge in [0.15, 0.2) is 0 Å². The molecule has 3 aromatic rings. The molecule has 0 radical (unpaired) electrons. The molecule has 1 aliphatic heterocycles. The Labute approximate surface area is 169 Å². The van der Waals surface area contributed by atoms with Crippen LogP contribution in [-0.4, -0.2) is 29.1 Å². The highest BCUT2D eigenvalue weighted by atomic mass is 16.4. The monoisotopic (exact) mass is 388 g/mol. The molecule has 0 fully saturated rings. The summed E-state index contributed by atoms with van der Waals surface area (Å²) in [5, 5.41) is 22.7. The number of carbonyl (C=O) groups is 1. The fourth-order valence-corrected chi connectivity index (χ4v) is 4.24. The topological polar surface area (TPSA) is 77.7 Å². The zero-order chi connectivity index (χ0) is 20.7. The van der Waals surface area contributed by atoms with Crippen molar-refractivity contribution in [3.63, 3.8) is 0 Å². The van der Waals surface area contributed by atoms with Crippen LogP contribution in [0.2, 0.25) is 0 Å². The summed E-state index contributed by atoms with van der Waals surface area (Å²) in [7, 11) is 0. The minimum Gasteiger partial charge on any atom is -0.872 e. The lowest BCUT2D eigenvalue weighted by Crippen LogP contribution is -3.11. The second-order valence-corrected chi connectivity index (χ2v) is 7.75. The Morgan fingerprint density at radius 3 is 2.55 bits per heavy atom. The maximum absolute atomic E-state index is 12.2. The molecule has 29 heavy (non-hydrogen) atoms. The molecule has 2 heterocycles. The number of aromatic nitrogens is 1. The molecule has 5 heteroatoms. The van der Waals surface area contributed by atoms with Crippen molar-refractivity contribution in [1.29, 1.82) is 0 Å². The molecule has 0 spiro atoms. The summed E-state index contributed by atoms with van der Waals surface area (Å²) in [5.74, 6) is -0.853. The highest BCUT2D eigenvalue weighted by Crippen LogP contribution is 2.31. The van der Waals surface area contributed by atoms with E-state index in [1.807, 2.05) is 50.2 Å².